The lowest BCUT2D eigenvalue weighted by Crippen LogP contribution is -1.96. The maximum atomic E-state index is 13.4. The van der Waals surface area contributed by atoms with Crippen LogP contribution in [0.5, 0.6) is 0 Å². The van der Waals surface area contributed by atoms with Crippen LogP contribution in [0.3, 0.4) is 0 Å². The first-order valence-electron chi connectivity index (χ1n) is 5.79. The van der Waals surface area contributed by atoms with Crippen molar-refractivity contribution < 1.29 is 14.1 Å². The van der Waals surface area contributed by atoms with Crippen molar-refractivity contribution in [1.82, 2.24) is 0 Å². The van der Waals surface area contributed by atoms with Crippen LogP contribution in [-0.4, -0.2) is 10.7 Å². The maximum absolute atomic E-state index is 13.4. The molecular formula is C15H10FNO3. The lowest BCUT2D eigenvalue weighted by atomic mass is 10.1. The summed E-state index contributed by atoms with van der Waals surface area (Å²) < 4.78 is 13.4. The van der Waals surface area contributed by atoms with Gasteiger partial charge in [-0.1, -0.05) is 30.3 Å². The Hall–Kier alpha value is -2.82. The highest BCUT2D eigenvalue weighted by Crippen LogP contribution is 2.15. The van der Waals surface area contributed by atoms with E-state index in [4.69, 9.17) is 0 Å². The van der Waals surface area contributed by atoms with Crippen molar-refractivity contribution in [3.63, 3.8) is 0 Å². The zero-order valence-corrected chi connectivity index (χ0v) is 10.3. The molecule has 0 fully saturated rings. The normalized spacial score (nSPS) is 10.7. The third-order valence-electron chi connectivity index (χ3n) is 2.66. The van der Waals surface area contributed by atoms with Crippen LogP contribution >= 0.6 is 0 Å². The molecule has 0 aromatic heterocycles. The summed E-state index contributed by atoms with van der Waals surface area (Å²) in [5.41, 5.74) is 0.313. The third-order valence-corrected chi connectivity index (χ3v) is 2.66. The first-order valence-corrected chi connectivity index (χ1v) is 5.79. The first-order chi connectivity index (χ1) is 9.58. The average molecular weight is 271 g/mol. The number of nitro benzene ring substituents is 1. The average Bonchev–Trinajstić information content (AvgIpc) is 2.46. The minimum Gasteiger partial charge on any atom is -0.289 e. The van der Waals surface area contributed by atoms with Crippen LogP contribution in [0.1, 0.15) is 15.9 Å². The molecule has 2 aromatic rings. The van der Waals surface area contributed by atoms with E-state index in [1.54, 1.807) is 12.1 Å². The van der Waals surface area contributed by atoms with Gasteiger partial charge in [0.1, 0.15) is 5.82 Å². The number of hydrogen-bond acceptors (Lipinski definition) is 3. The molecular weight excluding hydrogens is 261 g/mol. The molecule has 20 heavy (non-hydrogen) atoms. The molecule has 0 N–H and O–H groups in total. The van der Waals surface area contributed by atoms with E-state index in [1.165, 1.54) is 48.6 Å². The smallest absolute Gasteiger partial charge is 0.270 e. The van der Waals surface area contributed by atoms with Gasteiger partial charge >= 0.3 is 0 Å². The zero-order chi connectivity index (χ0) is 14.5. The topological polar surface area (TPSA) is 60.2 Å². The Bertz CT molecular complexity index is 695. The molecule has 4 nitrogen and oxygen atoms in total. The number of nitro groups is 1. The standard InChI is InChI=1S/C15H10FNO3/c16-14-7-2-1-4-11(14)8-9-15(18)12-5-3-6-13(10-12)17(19)20/h1-10H. The summed E-state index contributed by atoms with van der Waals surface area (Å²) in [6.07, 6.45) is 2.54. The summed E-state index contributed by atoms with van der Waals surface area (Å²) in [6.45, 7) is 0. The summed E-state index contributed by atoms with van der Waals surface area (Å²) >= 11 is 0. The lowest BCUT2D eigenvalue weighted by Gasteiger charge is -1.97. The molecule has 0 unspecified atom stereocenters. The summed E-state index contributed by atoms with van der Waals surface area (Å²) in [5.74, 6) is -0.854. The molecule has 5 heteroatoms. The molecule has 0 saturated carbocycles. The monoisotopic (exact) mass is 271 g/mol. The third kappa shape index (κ3) is 3.14. The van der Waals surface area contributed by atoms with Crippen LogP contribution in [0, 0.1) is 15.9 Å². The SMILES string of the molecule is O=C(C=Cc1ccccc1F)c1cccc([N+](=O)[O-])c1. The highest BCUT2D eigenvalue weighted by Gasteiger charge is 2.09. The Morgan fingerprint density at radius 2 is 1.90 bits per heavy atom. The van der Waals surface area contributed by atoms with Gasteiger partial charge in [0.2, 0.25) is 0 Å². The van der Waals surface area contributed by atoms with Gasteiger partial charge in [-0.25, -0.2) is 4.39 Å². The second-order valence-corrected chi connectivity index (χ2v) is 4.03. The first kappa shape index (κ1) is 13.6. The molecule has 2 rings (SSSR count). The molecule has 0 radical (unpaired) electrons. The molecule has 0 aliphatic heterocycles. The minimum atomic E-state index is -0.572. The Morgan fingerprint density at radius 3 is 2.60 bits per heavy atom. The van der Waals surface area contributed by atoms with Gasteiger partial charge in [0, 0.05) is 23.3 Å². The Kier molecular flexibility index (Phi) is 4.00. The number of allylic oxidation sites excluding steroid dienone is 1. The number of rotatable bonds is 4. The van der Waals surface area contributed by atoms with E-state index in [-0.39, 0.29) is 16.8 Å². The van der Waals surface area contributed by atoms with Gasteiger partial charge in [0.15, 0.2) is 5.78 Å². The number of hydrogen-bond donors (Lipinski definition) is 0. The predicted molar refractivity (Wildman–Crippen MR) is 72.9 cm³/mol. The fourth-order valence-electron chi connectivity index (χ4n) is 1.64. The number of non-ortho nitro benzene ring substituents is 1. The number of ketones is 1. The van der Waals surface area contributed by atoms with Gasteiger partial charge in [-0.15, -0.1) is 0 Å². The number of carbonyl (C=O) groups excluding carboxylic acids is 1. The molecule has 0 atom stereocenters. The minimum absolute atomic E-state index is 0.157. The molecule has 0 bridgehead atoms. The second kappa shape index (κ2) is 5.88. The van der Waals surface area contributed by atoms with Crippen LogP contribution in [-0.2, 0) is 0 Å². The van der Waals surface area contributed by atoms with Gasteiger partial charge in [0.05, 0.1) is 4.92 Å². The van der Waals surface area contributed by atoms with Crippen LogP contribution in [0.25, 0.3) is 6.08 Å². The summed E-state index contributed by atoms with van der Waals surface area (Å²) in [6, 6.07) is 11.4. The van der Waals surface area contributed by atoms with Gasteiger partial charge in [-0.2, -0.15) is 0 Å². The largest absolute Gasteiger partial charge is 0.289 e. The molecule has 0 aliphatic rings. The van der Waals surface area contributed by atoms with Crippen molar-refractivity contribution in [3.05, 3.63) is 81.7 Å². The number of halogens is 1. The van der Waals surface area contributed by atoms with E-state index in [2.05, 4.69) is 0 Å². The number of carbonyl (C=O) groups is 1. The van der Waals surface area contributed by atoms with Crippen molar-refractivity contribution in [2.24, 2.45) is 0 Å². The van der Waals surface area contributed by atoms with Gasteiger partial charge in [-0.05, 0) is 18.2 Å². The molecule has 0 aliphatic carbocycles. The molecule has 0 amide bonds. The van der Waals surface area contributed by atoms with Crippen LogP contribution in [0.15, 0.2) is 54.6 Å². The van der Waals surface area contributed by atoms with E-state index in [9.17, 15) is 19.3 Å². The Morgan fingerprint density at radius 1 is 1.15 bits per heavy atom. The van der Waals surface area contributed by atoms with Crippen LogP contribution < -0.4 is 0 Å². The molecule has 2 aromatic carbocycles. The highest BCUT2D eigenvalue weighted by molar-refractivity contribution is 6.07. The molecule has 0 spiro atoms. The van der Waals surface area contributed by atoms with Gasteiger partial charge in [-0.3, -0.25) is 14.9 Å². The van der Waals surface area contributed by atoms with Crippen molar-refractivity contribution >= 4 is 17.5 Å². The predicted octanol–water partition coefficient (Wildman–Crippen LogP) is 3.63. The fraction of sp³-hybridized carbons (Fsp3) is 0. The quantitative estimate of drug-likeness (QED) is 0.369. The summed E-state index contributed by atoms with van der Waals surface area (Å²) in [4.78, 5) is 21.9. The van der Waals surface area contributed by atoms with Crippen LogP contribution in [0.4, 0.5) is 10.1 Å². The highest BCUT2D eigenvalue weighted by atomic mass is 19.1. The Labute approximate surface area is 114 Å². The second-order valence-electron chi connectivity index (χ2n) is 4.03. The number of benzene rings is 2. The fourth-order valence-corrected chi connectivity index (χ4v) is 1.64. The molecule has 0 saturated heterocycles. The molecule has 0 heterocycles. The van der Waals surface area contributed by atoms with Crippen molar-refractivity contribution in [2.45, 2.75) is 0 Å². The Balaban J connectivity index is 2.22. The lowest BCUT2D eigenvalue weighted by molar-refractivity contribution is -0.384. The van der Waals surface area contributed by atoms with Crippen molar-refractivity contribution in [2.75, 3.05) is 0 Å². The zero-order valence-electron chi connectivity index (χ0n) is 10.3. The van der Waals surface area contributed by atoms with Crippen molar-refractivity contribution in [3.8, 4) is 0 Å². The van der Waals surface area contributed by atoms with Crippen molar-refractivity contribution in [1.29, 1.82) is 0 Å². The van der Waals surface area contributed by atoms with Gasteiger partial charge in [0.25, 0.3) is 5.69 Å². The van der Waals surface area contributed by atoms with E-state index >= 15 is 0 Å². The van der Waals surface area contributed by atoms with Gasteiger partial charge < -0.3 is 0 Å². The summed E-state index contributed by atoms with van der Waals surface area (Å²) in [5, 5.41) is 10.6. The number of nitrogens with zero attached hydrogens (tertiary/aromatic N) is 1. The van der Waals surface area contributed by atoms with E-state index in [0.717, 1.165) is 0 Å². The van der Waals surface area contributed by atoms with E-state index in [0.29, 0.717) is 0 Å². The van der Waals surface area contributed by atoms with E-state index in [1.807, 2.05) is 0 Å². The maximum Gasteiger partial charge on any atom is 0.270 e. The summed E-state index contributed by atoms with van der Waals surface area (Å²) in [7, 11) is 0. The molecule has 100 valence electrons. The van der Waals surface area contributed by atoms with E-state index < -0.39 is 16.5 Å². The van der Waals surface area contributed by atoms with Crippen LogP contribution in [0.2, 0.25) is 0 Å².